The summed E-state index contributed by atoms with van der Waals surface area (Å²) in [4.78, 5) is 14.9. The molecule has 0 saturated carbocycles. The molecular formula is C14H9ClNO3+. The SMILES string of the molecule is O=C(Oc1ccc(Cl)c2ccc[nH+]c12)c1ccco1. The number of fused-ring (bicyclic) bond motifs is 1. The molecule has 0 saturated heterocycles. The fourth-order valence-electron chi connectivity index (χ4n) is 1.79. The van der Waals surface area contributed by atoms with Crippen molar-refractivity contribution in [3.63, 3.8) is 0 Å². The Hall–Kier alpha value is -2.33. The van der Waals surface area contributed by atoms with Gasteiger partial charge in [-0.15, -0.1) is 0 Å². The Balaban J connectivity index is 2.02. The summed E-state index contributed by atoms with van der Waals surface area (Å²) in [5.74, 6) is 0.00584. The first-order chi connectivity index (χ1) is 9.25. The predicted octanol–water partition coefficient (Wildman–Crippen LogP) is 3.12. The lowest BCUT2D eigenvalue weighted by molar-refractivity contribution is -0.345. The molecule has 1 aromatic carbocycles. The van der Waals surface area contributed by atoms with Crippen LogP contribution in [0.3, 0.4) is 0 Å². The van der Waals surface area contributed by atoms with Gasteiger partial charge in [0.05, 0.1) is 16.7 Å². The number of aromatic amines is 1. The molecular weight excluding hydrogens is 266 g/mol. The largest absolute Gasteiger partial charge is 0.457 e. The van der Waals surface area contributed by atoms with Gasteiger partial charge in [0.25, 0.3) is 5.52 Å². The highest BCUT2D eigenvalue weighted by Gasteiger charge is 2.17. The van der Waals surface area contributed by atoms with Crippen LogP contribution >= 0.6 is 11.6 Å². The van der Waals surface area contributed by atoms with Crippen LogP contribution < -0.4 is 9.72 Å². The maximum absolute atomic E-state index is 11.8. The molecule has 5 heteroatoms. The standard InChI is InChI=1S/C14H8ClNO3/c15-10-5-6-11(13-9(10)3-1-7-16-13)19-14(17)12-4-2-8-18-12/h1-8H/p+1. The molecule has 0 spiro atoms. The number of aromatic nitrogens is 1. The van der Waals surface area contributed by atoms with Crippen LogP contribution in [0, 0.1) is 0 Å². The van der Waals surface area contributed by atoms with E-state index in [4.69, 9.17) is 20.8 Å². The molecule has 0 amide bonds. The lowest BCUT2D eigenvalue weighted by Gasteiger charge is -2.03. The van der Waals surface area contributed by atoms with E-state index in [1.165, 1.54) is 6.26 Å². The average Bonchev–Trinajstić information content (AvgIpc) is 2.96. The molecule has 0 bridgehead atoms. The number of H-pyrrole nitrogens is 1. The molecule has 3 rings (SSSR count). The van der Waals surface area contributed by atoms with Crippen molar-refractivity contribution in [2.24, 2.45) is 0 Å². The Bertz CT molecular complexity index is 738. The summed E-state index contributed by atoms with van der Waals surface area (Å²) < 4.78 is 10.3. The van der Waals surface area contributed by atoms with E-state index in [9.17, 15) is 4.79 Å². The van der Waals surface area contributed by atoms with Crippen LogP contribution in [-0.2, 0) is 0 Å². The van der Waals surface area contributed by atoms with Gasteiger partial charge in [0.15, 0.2) is 6.20 Å². The lowest BCUT2D eigenvalue weighted by atomic mass is 10.2. The number of carbonyl (C=O) groups is 1. The van der Waals surface area contributed by atoms with E-state index in [1.54, 1.807) is 30.5 Å². The van der Waals surface area contributed by atoms with E-state index in [0.717, 1.165) is 5.39 Å². The molecule has 0 atom stereocenters. The molecule has 0 fully saturated rings. The number of ether oxygens (including phenoxy) is 1. The molecule has 94 valence electrons. The molecule has 2 aromatic heterocycles. The van der Waals surface area contributed by atoms with Crippen LogP contribution in [0.25, 0.3) is 10.9 Å². The third-order valence-corrected chi connectivity index (χ3v) is 3.00. The molecule has 0 unspecified atom stereocenters. The first kappa shape index (κ1) is 11.7. The molecule has 0 aliphatic rings. The fraction of sp³-hybridized carbons (Fsp3) is 0. The van der Waals surface area contributed by atoms with Gasteiger partial charge in [0.2, 0.25) is 11.5 Å². The maximum Gasteiger partial charge on any atom is 0.379 e. The Morgan fingerprint density at radius 3 is 2.89 bits per heavy atom. The highest BCUT2D eigenvalue weighted by molar-refractivity contribution is 6.35. The topological polar surface area (TPSA) is 53.6 Å². The number of pyridine rings is 1. The molecule has 1 N–H and O–H groups in total. The third kappa shape index (κ3) is 2.18. The highest BCUT2D eigenvalue weighted by atomic mass is 35.5. The fourth-order valence-corrected chi connectivity index (χ4v) is 2.01. The average molecular weight is 275 g/mol. The van der Waals surface area contributed by atoms with Crippen molar-refractivity contribution in [2.75, 3.05) is 0 Å². The van der Waals surface area contributed by atoms with Crippen molar-refractivity contribution in [1.29, 1.82) is 0 Å². The van der Waals surface area contributed by atoms with Crippen molar-refractivity contribution in [3.8, 4) is 5.75 Å². The van der Waals surface area contributed by atoms with Gasteiger partial charge in [0, 0.05) is 6.07 Å². The molecule has 0 radical (unpaired) electrons. The lowest BCUT2D eigenvalue weighted by Crippen LogP contribution is -2.11. The normalized spacial score (nSPS) is 10.6. The van der Waals surface area contributed by atoms with E-state index in [2.05, 4.69) is 4.98 Å². The number of rotatable bonds is 2. The second kappa shape index (κ2) is 4.74. The van der Waals surface area contributed by atoms with Gasteiger partial charge in [-0.25, -0.2) is 9.78 Å². The number of furan rings is 1. The number of hydrogen-bond donors (Lipinski definition) is 0. The molecule has 3 aromatic rings. The van der Waals surface area contributed by atoms with Crippen molar-refractivity contribution in [1.82, 2.24) is 0 Å². The minimum absolute atomic E-state index is 0.152. The summed E-state index contributed by atoms with van der Waals surface area (Å²) in [6, 6.07) is 10.2. The first-order valence-corrected chi connectivity index (χ1v) is 5.98. The second-order valence-electron chi connectivity index (χ2n) is 3.87. The van der Waals surface area contributed by atoms with Crippen molar-refractivity contribution < 1.29 is 18.9 Å². The van der Waals surface area contributed by atoms with Crippen LogP contribution in [0.2, 0.25) is 5.02 Å². The van der Waals surface area contributed by atoms with E-state index in [0.29, 0.717) is 16.3 Å². The van der Waals surface area contributed by atoms with Crippen LogP contribution in [0.1, 0.15) is 10.6 Å². The van der Waals surface area contributed by atoms with Crippen LogP contribution in [0.15, 0.2) is 53.3 Å². The summed E-state index contributed by atoms with van der Waals surface area (Å²) in [6.07, 6.45) is 3.16. The van der Waals surface area contributed by atoms with Gasteiger partial charge in [-0.3, -0.25) is 0 Å². The van der Waals surface area contributed by atoms with E-state index in [1.807, 2.05) is 12.1 Å². The van der Waals surface area contributed by atoms with Crippen LogP contribution in [-0.4, -0.2) is 5.97 Å². The Morgan fingerprint density at radius 1 is 1.21 bits per heavy atom. The third-order valence-electron chi connectivity index (χ3n) is 2.67. The molecule has 4 nitrogen and oxygen atoms in total. The summed E-state index contributed by atoms with van der Waals surface area (Å²) in [6.45, 7) is 0. The number of benzene rings is 1. The number of esters is 1. The summed E-state index contributed by atoms with van der Waals surface area (Å²) in [5.41, 5.74) is 0.662. The predicted molar refractivity (Wildman–Crippen MR) is 69.2 cm³/mol. The zero-order valence-electron chi connectivity index (χ0n) is 9.72. The number of carbonyl (C=O) groups excluding carboxylic acids is 1. The van der Waals surface area contributed by atoms with E-state index in [-0.39, 0.29) is 5.76 Å². The zero-order valence-corrected chi connectivity index (χ0v) is 10.5. The summed E-state index contributed by atoms with van der Waals surface area (Å²) in [7, 11) is 0. The minimum Gasteiger partial charge on any atom is -0.457 e. The monoisotopic (exact) mass is 274 g/mol. The van der Waals surface area contributed by atoms with Gasteiger partial charge in [-0.2, -0.15) is 0 Å². The molecule has 0 aliphatic heterocycles. The van der Waals surface area contributed by atoms with E-state index < -0.39 is 5.97 Å². The quantitative estimate of drug-likeness (QED) is 0.533. The van der Waals surface area contributed by atoms with Gasteiger partial charge in [0.1, 0.15) is 0 Å². The number of halogens is 1. The van der Waals surface area contributed by atoms with Crippen LogP contribution in [0.5, 0.6) is 5.75 Å². The summed E-state index contributed by atoms with van der Waals surface area (Å²) >= 11 is 6.09. The summed E-state index contributed by atoms with van der Waals surface area (Å²) in [5, 5.41) is 1.37. The highest BCUT2D eigenvalue weighted by Crippen LogP contribution is 2.28. The van der Waals surface area contributed by atoms with Crippen LogP contribution in [0.4, 0.5) is 0 Å². The maximum atomic E-state index is 11.8. The zero-order chi connectivity index (χ0) is 13.2. The first-order valence-electron chi connectivity index (χ1n) is 5.60. The minimum atomic E-state index is -0.550. The van der Waals surface area contributed by atoms with Crippen molar-refractivity contribution in [2.45, 2.75) is 0 Å². The number of nitrogens with one attached hydrogen (secondary N) is 1. The van der Waals surface area contributed by atoms with E-state index >= 15 is 0 Å². The van der Waals surface area contributed by atoms with Gasteiger partial charge in [-0.05, 0) is 30.3 Å². The van der Waals surface area contributed by atoms with Crippen molar-refractivity contribution in [3.05, 3.63) is 59.6 Å². The van der Waals surface area contributed by atoms with Crippen molar-refractivity contribution >= 4 is 28.5 Å². The van der Waals surface area contributed by atoms with Gasteiger partial charge in [-0.1, -0.05) is 11.6 Å². The Kier molecular flexibility index (Phi) is 2.93. The smallest absolute Gasteiger partial charge is 0.379 e. The molecule has 0 aliphatic carbocycles. The Labute approximate surface area is 113 Å². The Morgan fingerprint density at radius 2 is 2.11 bits per heavy atom. The van der Waals surface area contributed by atoms with Gasteiger partial charge < -0.3 is 9.15 Å². The molecule has 2 heterocycles. The van der Waals surface area contributed by atoms with Gasteiger partial charge >= 0.3 is 5.97 Å². The molecule has 19 heavy (non-hydrogen) atoms. The number of hydrogen-bond acceptors (Lipinski definition) is 3. The second-order valence-corrected chi connectivity index (χ2v) is 4.28.